The van der Waals surface area contributed by atoms with Crippen molar-refractivity contribution in [2.75, 3.05) is 18.0 Å². The van der Waals surface area contributed by atoms with Gasteiger partial charge in [-0.1, -0.05) is 24.3 Å². The Balaban J connectivity index is 1.37. The number of nitrogens with one attached hydrogen (secondary N) is 2. The van der Waals surface area contributed by atoms with Crippen LogP contribution in [0.5, 0.6) is 5.75 Å². The summed E-state index contributed by atoms with van der Waals surface area (Å²) in [5.41, 5.74) is 1.89. The largest absolute Gasteiger partial charge is 0.508 e. The van der Waals surface area contributed by atoms with Gasteiger partial charge in [0, 0.05) is 24.9 Å². The van der Waals surface area contributed by atoms with Crippen molar-refractivity contribution in [3.8, 4) is 5.75 Å². The van der Waals surface area contributed by atoms with Crippen LogP contribution >= 0.6 is 0 Å². The average Bonchev–Trinajstić information content (AvgIpc) is 3.26. The van der Waals surface area contributed by atoms with Crippen molar-refractivity contribution in [3.05, 3.63) is 54.1 Å². The Hall–Kier alpha value is -3.35. The van der Waals surface area contributed by atoms with Crippen molar-refractivity contribution < 1.29 is 14.7 Å². The molecule has 1 aliphatic rings. The van der Waals surface area contributed by atoms with Crippen molar-refractivity contribution in [2.24, 2.45) is 5.92 Å². The maximum absolute atomic E-state index is 12.5. The number of fused-ring (bicyclic) bond motifs is 1. The van der Waals surface area contributed by atoms with Crippen LogP contribution in [0.4, 0.5) is 5.82 Å². The number of hydrogen-bond donors (Lipinski definition) is 3. The number of nitrogens with zero attached hydrogens (tertiary/aromatic N) is 2. The lowest BCUT2D eigenvalue weighted by Crippen LogP contribution is -2.34. The average molecular weight is 364 g/mol. The number of H-pyrrole nitrogens is 1. The Kier molecular flexibility index (Phi) is 4.50. The van der Waals surface area contributed by atoms with Crippen LogP contribution in [0, 0.1) is 5.92 Å². The summed E-state index contributed by atoms with van der Waals surface area (Å²) in [5.74, 6) is 0.205. The second-order valence-corrected chi connectivity index (χ2v) is 6.71. The minimum atomic E-state index is -0.382. The Morgan fingerprint density at radius 3 is 2.81 bits per heavy atom. The predicted molar refractivity (Wildman–Crippen MR) is 101 cm³/mol. The molecular weight excluding hydrogens is 344 g/mol. The number of para-hydroxylation sites is 1. The maximum atomic E-state index is 12.5. The van der Waals surface area contributed by atoms with E-state index in [0.29, 0.717) is 25.3 Å². The first-order chi connectivity index (χ1) is 13.1. The number of rotatable bonds is 5. The summed E-state index contributed by atoms with van der Waals surface area (Å²) in [4.78, 5) is 26.5. The quantitative estimate of drug-likeness (QED) is 0.645. The first-order valence-electron chi connectivity index (χ1n) is 8.91. The van der Waals surface area contributed by atoms with Gasteiger partial charge in [0.15, 0.2) is 5.82 Å². The van der Waals surface area contributed by atoms with E-state index in [1.54, 1.807) is 17.0 Å². The molecule has 7 heteroatoms. The van der Waals surface area contributed by atoms with Crippen LogP contribution in [0.15, 0.2) is 48.5 Å². The van der Waals surface area contributed by atoms with Crippen LogP contribution in [0.25, 0.3) is 10.9 Å². The highest BCUT2D eigenvalue weighted by Gasteiger charge is 2.36. The standard InChI is InChI=1S/C20H20N4O3/c25-15-7-5-13(6-8-15)9-10-21-20(27)14-11-18(26)24(12-14)19-16-3-1-2-4-17(16)22-23-19/h1-8,14,25H,9-12H2,(H,21,27)(H,22,23)/t14-/m0/s1. The van der Waals surface area contributed by atoms with Gasteiger partial charge in [-0.25, -0.2) is 0 Å². The van der Waals surface area contributed by atoms with E-state index in [-0.39, 0.29) is 29.9 Å². The third kappa shape index (κ3) is 3.48. The van der Waals surface area contributed by atoms with Crippen LogP contribution in [-0.2, 0) is 16.0 Å². The molecule has 0 radical (unpaired) electrons. The molecule has 2 heterocycles. The number of aromatic amines is 1. The van der Waals surface area contributed by atoms with E-state index in [4.69, 9.17) is 0 Å². The van der Waals surface area contributed by atoms with Crippen molar-refractivity contribution in [3.63, 3.8) is 0 Å². The number of aromatic nitrogens is 2. The van der Waals surface area contributed by atoms with E-state index in [1.165, 1.54) is 0 Å². The first-order valence-corrected chi connectivity index (χ1v) is 8.91. The number of phenols is 1. The summed E-state index contributed by atoms with van der Waals surface area (Å²) in [7, 11) is 0. The molecule has 1 aliphatic heterocycles. The molecule has 138 valence electrons. The van der Waals surface area contributed by atoms with Gasteiger partial charge in [0.25, 0.3) is 0 Å². The Morgan fingerprint density at radius 1 is 1.22 bits per heavy atom. The number of amides is 2. The molecule has 1 aromatic heterocycles. The first kappa shape index (κ1) is 17.1. The van der Waals surface area contributed by atoms with Crippen LogP contribution in [0.2, 0.25) is 0 Å². The van der Waals surface area contributed by atoms with Crippen LogP contribution in [0.3, 0.4) is 0 Å². The lowest BCUT2D eigenvalue weighted by molar-refractivity contribution is -0.126. The molecule has 0 saturated carbocycles. The van der Waals surface area contributed by atoms with Crippen molar-refractivity contribution in [1.29, 1.82) is 0 Å². The van der Waals surface area contributed by atoms with Gasteiger partial charge < -0.3 is 10.4 Å². The molecule has 0 aliphatic carbocycles. The lowest BCUT2D eigenvalue weighted by Gasteiger charge is -2.14. The van der Waals surface area contributed by atoms with E-state index in [0.717, 1.165) is 16.5 Å². The highest BCUT2D eigenvalue weighted by molar-refractivity contribution is 6.05. The van der Waals surface area contributed by atoms with Crippen molar-refractivity contribution >= 4 is 28.5 Å². The van der Waals surface area contributed by atoms with Crippen LogP contribution in [-0.4, -0.2) is 40.2 Å². The van der Waals surface area contributed by atoms with Gasteiger partial charge in [-0.2, -0.15) is 5.10 Å². The molecule has 27 heavy (non-hydrogen) atoms. The van der Waals surface area contributed by atoms with Crippen LogP contribution in [0.1, 0.15) is 12.0 Å². The summed E-state index contributed by atoms with van der Waals surface area (Å²) >= 11 is 0. The minimum Gasteiger partial charge on any atom is -0.508 e. The number of phenolic OH excluding ortho intramolecular Hbond substituents is 1. The summed E-state index contributed by atoms with van der Waals surface area (Å²) < 4.78 is 0. The zero-order valence-corrected chi connectivity index (χ0v) is 14.7. The topological polar surface area (TPSA) is 98.3 Å². The van der Waals surface area contributed by atoms with Crippen LogP contribution < -0.4 is 10.2 Å². The highest BCUT2D eigenvalue weighted by atomic mass is 16.3. The smallest absolute Gasteiger partial charge is 0.229 e. The fraction of sp³-hybridized carbons (Fsp3) is 0.250. The number of carbonyl (C=O) groups is 2. The molecule has 3 aromatic rings. The monoisotopic (exact) mass is 364 g/mol. The second-order valence-electron chi connectivity index (χ2n) is 6.71. The predicted octanol–water partition coefficient (Wildman–Crippen LogP) is 1.98. The van der Waals surface area contributed by atoms with E-state index in [2.05, 4.69) is 15.5 Å². The fourth-order valence-electron chi connectivity index (χ4n) is 3.38. The summed E-state index contributed by atoms with van der Waals surface area (Å²) in [6.07, 6.45) is 0.854. The molecule has 1 saturated heterocycles. The molecule has 0 spiro atoms. The summed E-state index contributed by atoms with van der Waals surface area (Å²) in [6.45, 7) is 0.818. The van der Waals surface area contributed by atoms with Gasteiger partial charge in [0.1, 0.15) is 5.75 Å². The summed E-state index contributed by atoms with van der Waals surface area (Å²) in [5, 5.41) is 20.3. The molecular formula is C20H20N4O3. The minimum absolute atomic E-state index is 0.0917. The Morgan fingerprint density at radius 2 is 2.00 bits per heavy atom. The second kappa shape index (κ2) is 7.11. The van der Waals surface area contributed by atoms with Gasteiger partial charge in [0.2, 0.25) is 11.8 Å². The maximum Gasteiger partial charge on any atom is 0.229 e. The van der Waals surface area contributed by atoms with E-state index < -0.39 is 0 Å². The van der Waals surface area contributed by atoms with Gasteiger partial charge >= 0.3 is 0 Å². The summed E-state index contributed by atoms with van der Waals surface area (Å²) in [6, 6.07) is 14.5. The molecule has 0 unspecified atom stereocenters. The Labute approximate surface area is 156 Å². The zero-order valence-electron chi connectivity index (χ0n) is 14.7. The number of carbonyl (C=O) groups excluding carboxylic acids is 2. The number of hydrogen-bond acceptors (Lipinski definition) is 4. The molecule has 4 rings (SSSR count). The van der Waals surface area contributed by atoms with Crippen molar-refractivity contribution in [2.45, 2.75) is 12.8 Å². The van der Waals surface area contributed by atoms with E-state index in [1.807, 2.05) is 36.4 Å². The molecule has 1 atom stereocenters. The lowest BCUT2D eigenvalue weighted by atomic mass is 10.1. The number of aromatic hydroxyl groups is 1. The van der Waals surface area contributed by atoms with Crippen molar-refractivity contribution in [1.82, 2.24) is 15.5 Å². The molecule has 3 N–H and O–H groups in total. The number of anilines is 1. The van der Waals surface area contributed by atoms with E-state index in [9.17, 15) is 14.7 Å². The van der Waals surface area contributed by atoms with Gasteiger partial charge in [-0.05, 0) is 36.2 Å². The van der Waals surface area contributed by atoms with E-state index >= 15 is 0 Å². The molecule has 2 aromatic carbocycles. The SMILES string of the molecule is O=C(NCCc1ccc(O)cc1)[C@H]1CC(=O)N(c2n[nH]c3ccccc23)C1. The third-order valence-corrected chi connectivity index (χ3v) is 4.85. The zero-order chi connectivity index (χ0) is 18.8. The number of benzene rings is 2. The van der Waals surface area contributed by atoms with Gasteiger partial charge in [-0.3, -0.25) is 19.6 Å². The fourth-order valence-corrected chi connectivity index (χ4v) is 3.38. The molecule has 1 fully saturated rings. The van der Waals surface area contributed by atoms with Gasteiger partial charge in [-0.15, -0.1) is 0 Å². The molecule has 7 nitrogen and oxygen atoms in total. The molecule has 2 amide bonds. The Bertz CT molecular complexity index is 980. The highest BCUT2D eigenvalue weighted by Crippen LogP contribution is 2.29. The third-order valence-electron chi connectivity index (χ3n) is 4.85. The van der Waals surface area contributed by atoms with Gasteiger partial charge in [0.05, 0.1) is 11.4 Å². The normalized spacial score (nSPS) is 16.8. The molecule has 0 bridgehead atoms.